The summed E-state index contributed by atoms with van der Waals surface area (Å²) >= 11 is 0. The normalized spacial score (nSPS) is 11.0. The molecule has 0 atom stereocenters. The molecule has 0 aliphatic heterocycles. The number of hydrogen-bond acceptors (Lipinski definition) is 3. The molecular weight excluding hydrogens is 180 g/mol. The molecule has 0 aromatic heterocycles. The van der Waals surface area contributed by atoms with Crippen LogP contribution in [-0.4, -0.2) is 49.2 Å². The Hall–Kier alpha value is -0.610. The van der Waals surface area contributed by atoms with Gasteiger partial charge in [0.05, 0.1) is 13.2 Å². The molecule has 0 fully saturated rings. The van der Waals surface area contributed by atoms with E-state index >= 15 is 0 Å². The van der Waals surface area contributed by atoms with E-state index in [4.69, 9.17) is 5.11 Å². The Labute approximate surface area is 86.3 Å². The van der Waals surface area contributed by atoms with Crippen LogP contribution in [0.25, 0.3) is 0 Å². The number of carbonyl (C=O) groups excluding carboxylic acids is 1. The second-order valence-corrected chi connectivity index (χ2v) is 3.99. The zero-order chi connectivity index (χ0) is 11.0. The first kappa shape index (κ1) is 13.4. The van der Waals surface area contributed by atoms with Gasteiger partial charge in [0, 0.05) is 6.54 Å². The lowest BCUT2D eigenvalue weighted by Crippen LogP contribution is -2.37. The van der Waals surface area contributed by atoms with Crippen molar-refractivity contribution in [3.05, 3.63) is 0 Å². The van der Waals surface area contributed by atoms with Crippen LogP contribution in [0.4, 0.5) is 0 Å². The summed E-state index contributed by atoms with van der Waals surface area (Å²) in [6, 6.07) is 0. The number of aliphatic hydroxyl groups is 1. The van der Waals surface area contributed by atoms with Crippen molar-refractivity contribution in [3.63, 3.8) is 0 Å². The predicted molar refractivity (Wildman–Crippen MR) is 57.0 cm³/mol. The number of nitrogens with one attached hydrogen (secondary N) is 1. The molecule has 0 aromatic carbocycles. The summed E-state index contributed by atoms with van der Waals surface area (Å²) in [4.78, 5) is 13.2. The highest BCUT2D eigenvalue weighted by atomic mass is 16.3. The fourth-order valence-corrected chi connectivity index (χ4v) is 1.05. The Bertz CT molecular complexity index is 160. The summed E-state index contributed by atoms with van der Waals surface area (Å²) in [6.07, 6.45) is 1.10. The maximum Gasteiger partial charge on any atom is 0.234 e. The Morgan fingerprint density at radius 2 is 2.14 bits per heavy atom. The van der Waals surface area contributed by atoms with Crippen LogP contribution in [-0.2, 0) is 4.79 Å². The van der Waals surface area contributed by atoms with E-state index in [9.17, 15) is 4.79 Å². The van der Waals surface area contributed by atoms with Crippen LogP contribution in [0.1, 0.15) is 20.3 Å². The van der Waals surface area contributed by atoms with Crippen LogP contribution in [0.5, 0.6) is 0 Å². The molecule has 0 aromatic rings. The highest BCUT2D eigenvalue weighted by Gasteiger charge is 2.05. The highest BCUT2D eigenvalue weighted by Crippen LogP contribution is 1.99. The molecular formula is C10H22N2O2. The summed E-state index contributed by atoms with van der Waals surface area (Å²) in [5.41, 5.74) is 0. The minimum Gasteiger partial charge on any atom is -0.395 e. The first-order chi connectivity index (χ1) is 6.56. The van der Waals surface area contributed by atoms with Gasteiger partial charge in [-0.3, -0.25) is 9.69 Å². The second kappa shape index (κ2) is 7.76. The van der Waals surface area contributed by atoms with Crippen molar-refractivity contribution in [2.24, 2.45) is 5.92 Å². The summed E-state index contributed by atoms with van der Waals surface area (Å²) in [7, 11) is 1.93. The van der Waals surface area contributed by atoms with E-state index < -0.39 is 0 Å². The molecule has 1 amide bonds. The van der Waals surface area contributed by atoms with E-state index in [-0.39, 0.29) is 12.5 Å². The molecule has 0 radical (unpaired) electrons. The first-order valence-corrected chi connectivity index (χ1v) is 5.12. The average molecular weight is 202 g/mol. The van der Waals surface area contributed by atoms with Crippen molar-refractivity contribution in [2.75, 3.05) is 33.3 Å². The molecule has 0 spiro atoms. The van der Waals surface area contributed by atoms with E-state index in [1.807, 2.05) is 11.9 Å². The summed E-state index contributed by atoms with van der Waals surface area (Å²) < 4.78 is 0. The Kier molecular flexibility index (Phi) is 7.42. The molecule has 2 N–H and O–H groups in total. The Morgan fingerprint density at radius 3 is 2.64 bits per heavy atom. The van der Waals surface area contributed by atoms with Crippen molar-refractivity contribution in [3.8, 4) is 0 Å². The fourth-order valence-electron chi connectivity index (χ4n) is 1.05. The van der Waals surface area contributed by atoms with Gasteiger partial charge in [-0.2, -0.15) is 0 Å². The quantitative estimate of drug-likeness (QED) is 0.614. The maximum absolute atomic E-state index is 11.2. The number of rotatable bonds is 7. The number of amides is 1. The number of carbonyl (C=O) groups is 1. The third-order valence-electron chi connectivity index (χ3n) is 1.94. The SMILES string of the molecule is CC(C)CCN(C)CC(=O)NCCO. The molecule has 4 heteroatoms. The topological polar surface area (TPSA) is 52.6 Å². The van der Waals surface area contributed by atoms with Crippen LogP contribution in [0.2, 0.25) is 0 Å². The largest absolute Gasteiger partial charge is 0.395 e. The van der Waals surface area contributed by atoms with E-state index in [0.29, 0.717) is 19.0 Å². The van der Waals surface area contributed by atoms with Gasteiger partial charge in [0.15, 0.2) is 0 Å². The zero-order valence-electron chi connectivity index (χ0n) is 9.42. The minimum atomic E-state index is -0.0229. The van der Waals surface area contributed by atoms with Crippen LogP contribution < -0.4 is 5.32 Å². The van der Waals surface area contributed by atoms with Crippen LogP contribution >= 0.6 is 0 Å². The van der Waals surface area contributed by atoms with Crippen molar-refractivity contribution >= 4 is 5.91 Å². The first-order valence-electron chi connectivity index (χ1n) is 5.12. The van der Waals surface area contributed by atoms with Gasteiger partial charge in [0.25, 0.3) is 0 Å². The average Bonchev–Trinajstić information content (AvgIpc) is 2.11. The summed E-state index contributed by atoms with van der Waals surface area (Å²) in [5, 5.41) is 11.1. The van der Waals surface area contributed by atoms with Crippen molar-refractivity contribution in [1.82, 2.24) is 10.2 Å². The number of likely N-dealkylation sites (N-methyl/N-ethyl adjacent to an activating group) is 1. The monoisotopic (exact) mass is 202 g/mol. The highest BCUT2D eigenvalue weighted by molar-refractivity contribution is 5.77. The summed E-state index contributed by atoms with van der Waals surface area (Å²) in [6.45, 7) is 6.02. The number of aliphatic hydroxyl groups excluding tert-OH is 1. The Balaban J connectivity index is 3.50. The van der Waals surface area contributed by atoms with Gasteiger partial charge in [-0.15, -0.1) is 0 Å². The molecule has 84 valence electrons. The lowest BCUT2D eigenvalue weighted by Gasteiger charge is -2.17. The minimum absolute atomic E-state index is 0.00144. The van der Waals surface area contributed by atoms with Gasteiger partial charge in [-0.1, -0.05) is 13.8 Å². The molecule has 14 heavy (non-hydrogen) atoms. The van der Waals surface area contributed by atoms with Gasteiger partial charge in [0.2, 0.25) is 5.91 Å². The number of nitrogens with zero attached hydrogens (tertiary/aromatic N) is 1. The molecule has 4 nitrogen and oxygen atoms in total. The molecule has 0 unspecified atom stereocenters. The standard InChI is InChI=1S/C10H22N2O2/c1-9(2)4-6-12(3)8-10(14)11-5-7-13/h9,13H,4-8H2,1-3H3,(H,11,14). The van der Waals surface area contributed by atoms with E-state index in [1.54, 1.807) is 0 Å². The van der Waals surface area contributed by atoms with Crippen molar-refractivity contribution in [1.29, 1.82) is 0 Å². The van der Waals surface area contributed by atoms with Gasteiger partial charge < -0.3 is 10.4 Å². The van der Waals surface area contributed by atoms with Crippen LogP contribution in [0, 0.1) is 5.92 Å². The number of hydrogen-bond donors (Lipinski definition) is 2. The zero-order valence-corrected chi connectivity index (χ0v) is 9.42. The molecule has 0 aliphatic carbocycles. The summed E-state index contributed by atoms with van der Waals surface area (Å²) in [5.74, 6) is 0.642. The molecule has 0 aliphatic rings. The molecule has 0 saturated carbocycles. The maximum atomic E-state index is 11.2. The third kappa shape index (κ3) is 8.01. The van der Waals surface area contributed by atoms with Crippen LogP contribution in [0.3, 0.4) is 0 Å². The second-order valence-electron chi connectivity index (χ2n) is 3.99. The van der Waals surface area contributed by atoms with E-state index in [0.717, 1.165) is 13.0 Å². The van der Waals surface area contributed by atoms with Gasteiger partial charge in [-0.05, 0) is 25.9 Å². The van der Waals surface area contributed by atoms with Gasteiger partial charge in [0.1, 0.15) is 0 Å². The molecule has 0 rings (SSSR count). The van der Waals surface area contributed by atoms with Crippen LogP contribution in [0.15, 0.2) is 0 Å². The molecule has 0 heterocycles. The lowest BCUT2D eigenvalue weighted by molar-refractivity contribution is -0.122. The Morgan fingerprint density at radius 1 is 1.50 bits per heavy atom. The van der Waals surface area contributed by atoms with Crippen molar-refractivity contribution < 1.29 is 9.90 Å². The smallest absolute Gasteiger partial charge is 0.234 e. The van der Waals surface area contributed by atoms with E-state index in [2.05, 4.69) is 19.2 Å². The lowest BCUT2D eigenvalue weighted by atomic mass is 10.1. The fraction of sp³-hybridized carbons (Fsp3) is 0.900. The van der Waals surface area contributed by atoms with Gasteiger partial charge >= 0.3 is 0 Å². The third-order valence-corrected chi connectivity index (χ3v) is 1.94. The molecule has 0 bridgehead atoms. The predicted octanol–water partition coefficient (Wildman–Crippen LogP) is 0.0728. The van der Waals surface area contributed by atoms with E-state index in [1.165, 1.54) is 0 Å². The van der Waals surface area contributed by atoms with Crippen molar-refractivity contribution in [2.45, 2.75) is 20.3 Å². The molecule has 0 saturated heterocycles. The van der Waals surface area contributed by atoms with Gasteiger partial charge in [-0.25, -0.2) is 0 Å².